The fraction of sp³-hybridized carbons (Fsp3) is 0.0556. The van der Waals surface area contributed by atoms with E-state index in [4.69, 9.17) is 23.2 Å². The third kappa shape index (κ3) is 3.78. The lowest BCUT2D eigenvalue weighted by Crippen LogP contribution is -2.08. The minimum Gasteiger partial charge on any atom is -0.477 e. The molecule has 0 aliphatic heterocycles. The minimum atomic E-state index is -3.92. The summed E-state index contributed by atoms with van der Waals surface area (Å²) in [7, 11) is -3.92. The van der Waals surface area contributed by atoms with Crippen LogP contribution in [0.3, 0.4) is 0 Å². The smallest absolute Gasteiger partial charge is 0.346 e. The molecule has 0 saturated carbocycles. The molecule has 0 atom stereocenters. The van der Waals surface area contributed by atoms with Crippen LogP contribution in [-0.2, 0) is 15.6 Å². The Labute approximate surface area is 164 Å². The maximum Gasteiger partial charge on any atom is 0.346 e. The van der Waals surface area contributed by atoms with E-state index >= 15 is 0 Å². The number of sulfone groups is 1. The molecule has 0 radical (unpaired) electrons. The van der Waals surface area contributed by atoms with Crippen molar-refractivity contribution in [1.82, 2.24) is 0 Å². The summed E-state index contributed by atoms with van der Waals surface area (Å²) in [5.74, 6) is -1.67. The van der Waals surface area contributed by atoms with Gasteiger partial charge >= 0.3 is 5.97 Å². The van der Waals surface area contributed by atoms with E-state index < -0.39 is 21.6 Å². The van der Waals surface area contributed by atoms with Crippen molar-refractivity contribution in [3.63, 3.8) is 0 Å². The standard InChI is InChI=1S/C18H12Cl2O4S2/c19-13-7-4-8-14(20)17(13)26(23,24)10-12-9-15(25-16(12)18(21)22)11-5-2-1-3-6-11/h1-9H,10H2,(H,21,22). The lowest BCUT2D eigenvalue weighted by Gasteiger charge is -2.08. The van der Waals surface area contributed by atoms with E-state index in [1.807, 2.05) is 30.3 Å². The summed E-state index contributed by atoms with van der Waals surface area (Å²) in [6, 6.07) is 15.2. The summed E-state index contributed by atoms with van der Waals surface area (Å²) in [6.07, 6.45) is 0. The number of carboxylic acids is 1. The van der Waals surface area contributed by atoms with Gasteiger partial charge < -0.3 is 5.11 Å². The van der Waals surface area contributed by atoms with Gasteiger partial charge in [-0.05, 0) is 29.3 Å². The van der Waals surface area contributed by atoms with Crippen molar-refractivity contribution < 1.29 is 18.3 Å². The second-order valence-corrected chi connectivity index (χ2v) is 9.24. The molecule has 1 N–H and O–H groups in total. The SMILES string of the molecule is O=C(O)c1sc(-c2ccccc2)cc1CS(=O)(=O)c1c(Cl)cccc1Cl. The highest BCUT2D eigenvalue weighted by Gasteiger charge is 2.26. The van der Waals surface area contributed by atoms with E-state index in [-0.39, 0.29) is 25.4 Å². The van der Waals surface area contributed by atoms with Gasteiger partial charge in [-0.3, -0.25) is 0 Å². The Morgan fingerprint density at radius 1 is 1.00 bits per heavy atom. The van der Waals surface area contributed by atoms with Gasteiger partial charge in [0.15, 0.2) is 9.84 Å². The highest BCUT2D eigenvalue weighted by molar-refractivity contribution is 7.91. The number of aromatic carboxylic acids is 1. The monoisotopic (exact) mass is 426 g/mol. The predicted octanol–water partition coefficient (Wildman–Crippen LogP) is 5.39. The Morgan fingerprint density at radius 2 is 1.62 bits per heavy atom. The second kappa shape index (κ2) is 7.40. The van der Waals surface area contributed by atoms with Crippen molar-refractivity contribution >= 4 is 50.3 Å². The quantitative estimate of drug-likeness (QED) is 0.592. The van der Waals surface area contributed by atoms with E-state index in [1.165, 1.54) is 12.1 Å². The Hall–Kier alpha value is -1.86. The lowest BCUT2D eigenvalue weighted by atomic mass is 10.1. The van der Waals surface area contributed by atoms with Crippen LogP contribution < -0.4 is 0 Å². The molecule has 26 heavy (non-hydrogen) atoms. The number of rotatable bonds is 5. The first kappa shape index (κ1) is 18.9. The van der Waals surface area contributed by atoms with E-state index in [0.717, 1.165) is 16.9 Å². The Balaban J connectivity index is 2.07. The van der Waals surface area contributed by atoms with Crippen LogP contribution in [0.1, 0.15) is 15.2 Å². The lowest BCUT2D eigenvalue weighted by molar-refractivity contribution is 0.0701. The van der Waals surface area contributed by atoms with Gasteiger partial charge in [-0.1, -0.05) is 59.6 Å². The molecule has 0 aliphatic rings. The molecular formula is C18H12Cl2O4S2. The summed E-state index contributed by atoms with van der Waals surface area (Å²) < 4.78 is 25.6. The van der Waals surface area contributed by atoms with E-state index in [9.17, 15) is 18.3 Å². The van der Waals surface area contributed by atoms with Gasteiger partial charge in [-0.15, -0.1) is 11.3 Å². The zero-order valence-electron chi connectivity index (χ0n) is 13.1. The third-order valence-corrected chi connectivity index (χ3v) is 7.46. The van der Waals surface area contributed by atoms with Gasteiger partial charge in [0.1, 0.15) is 9.77 Å². The molecule has 1 aromatic heterocycles. The number of hydrogen-bond acceptors (Lipinski definition) is 4. The molecule has 0 aliphatic carbocycles. The Bertz CT molecular complexity index is 1050. The third-order valence-electron chi connectivity index (χ3n) is 3.64. The van der Waals surface area contributed by atoms with Crippen molar-refractivity contribution in [2.75, 3.05) is 0 Å². The van der Waals surface area contributed by atoms with Crippen LogP contribution in [0.25, 0.3) is 10.4 Å². The summed E-state index contributed by atoms with van der Waals surface area (Å²) in [5.41, 5.74) is 1.02. The first-order valence-electron chi connectivity index (χ1n) is 7.38. The van der Waals surface area contributed by atoms with Crippen LogP contribution >= 0.6 is 34.5 Å². The number of benzene rings is 2. The van der Waals surface area contributed by atoms with Crippen LogP contribution in [0.4, 0.5) is 0 Å². The topological polar surface area (TPSA) is 71.4 Å². The van der Waals surface area contributed by atoms with E-state index in [1.54, 1.807) is 12.1 Å². The summed E-state index contributed by atoms with van der Waals surface area (Å²) >= 11 is 13.0. The molecule has 0 unspecified atom stereocenters. The Kier molecular flexibility index (Phi) is 5.39. The van der Waals surface area contributed by atoms with Crippen LogP contribution in [0.5, 0.6) is 0 Å². The molecule has 0 spiro atoms. The number of thiophene rings is 1. The fourth-order valence-corrected chi connectivity index (χ4v) is 6.25. The van der Waals surface area contributed by atoms with Crippen LogP contribution in [0.2, 0.25) is 10.0 Å². The predicted molar refractivity (Wildman–Crippen MR) is 104 cm³/mol. The minimum absolute atomic E-state index is 0.00730. The van der Waals surface area contributed by atoms with E-state index in [0.29, 0.717) is 4.88 Å². The number of carbonyl (C=O) groups is 1. The molecule has 0 bridgehead atoms. The summed E-state index contributed by atoms with van der Waals surface area (Å²) in [5, 5.41) is 9.48. The van der Waals surface area contributed by atoms with Crippen molar-refractivity contribution in [3.8, 4) is 10.4 Å². The molecule has 8 heteroatoms. The molecule has 3 aromatic rings. The van der Waals surface area contributed by atoms with Crippen molar-refractivity contribution in [1.29, 1.82) is 0 Å². The average molecular weight is 427 g/mol. The molecule has 134 valence electrons. The molecule has 3 rings (SSSR count). The zero-order valence-corrected chi connectivity index (χ0v) is 16.3. The molecule has 4 nitrogen and oxygen atoms in total. The summed E-state index contributed by atoms with van der Waals surface area (Å²) in [4.78, 5) is 12.1. The normalized spacial score (nSPS) is 11.5. The molecule has 2 aromatic carbocycles. The summed E-state index contributed by atoms with van der Waals surface area (Å²) in [6.45, 7) is 0. The van der Waals surface area contributed by atoms with Gasteiger partial charge in [0, 0.05) is 4.88 Å². The average Bonchev–Trinajstić information content (AvgIpc) is 2.98. The molecule has 1 heterocycles. The molecule has 0 fully saturated rings. The number of carboxylic acid groups (broad SMARTS) is 1. The van der Waals surface area contributed by atoms with Crippen molar-refractivity contribution in [2.24, 2.45) is 0 Å². The van der Waals surface area contributed by atoms with Gasteiger partial charge in [-0.2, -0.15) is 0 Å². The number of halogens is 2. The second-order valence-electron chi connectivity index (χ2n) is 5.45. The van der Waals surface area contributed by atoms with Crippen molar-refractivity contribution in [3.05, 3.63) is 75.1 Å². The largest absolute Gasteiger partial charge is 0.477 e. The van der Waals surface area contributed by atoms with Gasteiger partial charge in [0.2, 0.25) is 0 Å². The fourth-order valence-electron chi connectivity index (χ4n) is 2.52. The van der Waals surface area contributed by atoms with Crippen molar-refractivity contribution in [2.45, 2.75) is 10.6 Å². The van der Waals surface area contributed by atoms with E-state index in [2.05, 4.69) is 0 Å². The van der Waals surface area contributed by atoms with Crippen LogP contribution in [0.15, 0.2) is 59.5 Å². The molecular weight excluding hydrogens is 415 g/mol. The molecule has 0 amide bonds. The van der Waals surface area contributed by atoms with Gasteiger partial charge in [-0.25, -0.2) is 13.2 Å². The highest BCUT2D eigenvalue weighted by Crippen LogP contribution is 2.36. The maximum absolute atomic E-state index is 12.8. The van der Waals surface area contributed by atoms with Gasteiger partial charge in [0.05, 0.1) is 15.8 Å². The zero-order chi connectivity index (χ0) is 18.9. The maximum atomic E-state index is 12.8. The van der Waals surface area contributed by atoms with Crippen LogP contribution in [0, 0.1) is 0 Å². The Morgan fingerprint density at radius 3 is 2.19 bits per heavy atom. The highest BCUT2D eigenvalue weighted by atomic mass is 35.5. The number of hydrogen-bond donors (Lipinski definition) is 1. The van der Waals surface area contributed by atoms with Crippen LogP contribution in [-0.4, -0.2) is 19.5 Å². The first-order chi connectivity index (χ1) is 12.3. The first-order valence-corrected chi connectivity index (χ1v) is 10.6. The molecule has 0 saturated heterocycles. The van der Waals surface area contributed by atoms with Gasteiger partial charge in [0.25, 0.3) is 0 Å².